The third-order valence-electron chi connectivity index (χ3n) is 8.70. The first-order valence-corrected chi connectivity index (χ1v) is 15.8. The maximum absolute atomic E-state index is 13.3. The van der Waals surface area contributed by atoms with Crippen molar-refractivity contribution >= 4 is 40.3 Å². The van der Waals surface area contributed by atoms with Crippen LogP contribution >= 0.6 is 11.3 Å². The van der Waals surface area contributed by atoms with E-state index in [-0.39, 0.29) is 29.2 Å². The summed E-state index contributed by atoms with van der Waals surface area (Å²) in [6.07, 6.45) is 6.17. The number of anilines is 3. The third-order valence-corrected chi connectivity index (χ3v) is 9.93. The summed E-state index contributed by atoms with van der Waals surface area (Å²) in [5.74, 6) is 0.163. The molecular formula is C34H38N6O3S. The number of aromatic nitrogens is 2. The fraction of sp³-hybridized carbons (Fsp3) is 0.353. The summed E-state index contributed by atoms with van der Waals surface area (Å²) in [6, 6.07) is 13.3. The van der Waals surface area contributed by atoms with Gasteiger partial charge in [-0.25, -0.2) is 4.98 Å². The highest BCUT2D eigenvalue weighted by molar-refractivity contribution is 7.14. The molecule has 2 N–H and O–H groups in total. The van der Waals surface area contributed by atoms with E-state index in [2.05, 4.69) is 15.5 Å². The van der Waals surface area contributed by atoms with Crippen molar-refractivity contribution in [2.45, 2.75) is 45.6 Å². The number of carbonyl (C=O) groups is 2. The van der Waals surface area contributed by atoms with Gasteiger partial charge in [-0.05, 0) is 99.2 Å². The van der Waals surface area contributed by atoms with E-state index < -0.39 is 0 Å². The molecule has 10 heteroatoms. The summed E-state index contributed by atoms with van der Waals surface area (Å²) in [6.45, 7) is 5.46. The van der Waals surface area contributed by atoms with Crippen LogP contribution in [-0.2, 0) is 24.7 Å². The van der Waals surface area contributed by atoms with Crippen LogP contribution in [0.15, 0.2) is 53.5 Å². The Labute approximate surface area is 261 Å². The summed E-state index contributed by atoms with van der Waals surface area (Å²) in [4.78, 5) is 49.8. The van der Waals surface area contributed by atoms with Crippen LogP contribution in [0.2, 0.25) is 0 Å². The lowest BCUT2D eigenvalue weighted by Gasteiger charge is -2.37. The fourth-order valence-electron chi connectivity index (χ4n) is 6.09. The normalized spacial score (nSPS) is 17.0. The number of piperazine rings is 1. The molecule has 0 bridgehead atoms. The smallest absolute Gasteiger partial charge is 0.293 e. The zero-order valence-electron chi connectivity index (χ0n) is 25.9. The van der Waals surface area contributed by atoms with Gasteiger partial charge in [0, 0.05) is 55.2 Å². The molecule has 1 atom stereocenters. The van der Waals surface area contributed by atoms with Gasteiger partial charge in [0.25, 0.3) is 11.5 Å². The van der Waals surface area contributed by atoms with Crippen molar-refractivity contribution in [3.8, 4) is 11.3 Å². The Morgan fingerprint density at radius 3 is 2.48 bits per heavy atom. The monoisotopic (exact) mass is 610 g/mol. The topological polar surface area (TPSA) is 99.6 Å². The number of thiophene rings is 1. The average molecular weight is 611 g/mol. The van der Waals surface area contributed by atoms with Gasteiger partial charge < -0.3 is 20.1 Å². The number of nitrogens with zero attached hydrogens (tertiary/aromatic N) is 4. The fourth-order valence-corrected chi connectivity index (χ4v) is 7.23. The van der Waals surface area contributed by atoms with Gasteiger partial charge in [0.05, 0.1) is 10.6 Å². The summed E-state index contributed by atoms with van der Waals surface area (Å²) >= 11 is 1.60. The van der Waals surface area contributed by atoms with Gasteiger partial charge in [-0.2, -0.15) is 0 Å². The summed E-state index contributed by atoms with van der Waals surface area (Å²) in [5.41, 5.74) is 6.67. The maximum Gasteiger partial charge on any atom is 0.293 e. The maximum atomic E-state index is 13.3. The van der Waals surface area contributed by atoms with Crippen molar-refractivity contribution in [2.75, 3.05) is 37.8 Å². The molecule has 6 rings (SSSR count). The molecule has 2 aromatic carbocycles. The molecular weight excluding hydrogens is 572 g/mol. The zero-order valence-corrected chi connectivity index (χ0v) is 26.7. The number of likely N-dealkylation sites (N-methyl/N-ethyl adjacent to an activating group) is 2. The van der Waals surface area contributed by atoms with Gasteiger partial charge in [0.1, 0.15) is 6.04 Å². The lowest BCUT2D eigenvalue weighted by Crippen LogP contribution is -2.48. The second-order valence-corrected chi connectivity index (χ2v) is 13.1. The van der Waals surface area contributed by atoms with Gasteiger partial charge >= 0.3 is 0 Å². The van der Waals surface area contributed by atoms with Crippen LogP contribution in [0.4, 0.5) is 17.2 Å². The molecule has 3 heterocycles. The van der Waals surface area contributed by atoms with Crippen LogP contribution in [-0.4, -0.2) is 58.4 Å². The molecule has 1 aliphatic carbocycles. The molecule has 1 aliphatic heterocycles. The van der Waals surface area contributed by atoms with Crippen LogP contribution in [0.3, 0.4) is 0 Å². The number of benzene rings is 2. The van der Waals surface area contributed by atoms with Crippen LogP contribution in [0, 0.1) is 13.8 Å². The number of carbonyl (C=O) groups excluding carboxylic acids is 2. The Balaban J connectivity index is 1.26. The van der Waals surface area contributed by atoms with Crippen LogP contribution in [0.1, 0.15) is 55.7 Å². The first-order chi connectivity index (χ1) is 21.1. The highest BCUT2D eigenvalue weighted by Gasteiger charge is 2.32. The van der Waals surface area contributed by atoms with Gasteiger partial charge in [0.15, 0.2) is 5.82 Å². The quantitative estimate of drug-likeness (QED) is 0.302. The number of amides is 2. The molecule has 4 aromatic rings. The van der Waals surface area contributed by atoms with E-state index >= 15 is 0 Å². The third kappa shape index (κ3) is 5.79. The van der Waals surface area contributed by atoms with Gasteiger partial charge in [-0.1, -0.05) is 12.1 Å². The van der Waals surface area contributed by atoms with Gasteiger partial charge in [-0.15, -0.1) is 11.3 Å². The highest BCUT2D eigenvalue weighted by Crippen LogP contribution is 2.33. The number of rotatable bonds is 6. The van der Waals surface area contributed by atoms with Crippen LogP contribution < -0.4 is 16.2 Å². The number of aryl methyl sites for hydroxylation is 4. The predicted molar refractivity (Wildman–Crippen MR) is 176 cm³/mol. The van der Waals surface area contributed by atoms with Gasteiger partial charge in [-0.3, -0.25) is 19.3 Å². The molecule has 44 heavy (non-hydrogen) atoms. The predicted octanol–water partition coefficient (Wildman–Crippen LogP) is 5.45. The van der Waals surface area contributed by atoms with Crippen molar-refractivity contribution in [1.82, 2.24) is 19.4 Å². The second kappa shape index (κ2) is 12.0. The Bertz CT molecular complexity index is 1790. The van der Waals surface area contributed by atoms with E-state index in [0.717, 1.165) is 52.2 Å². The van der Waals surface area contributed by atoms with E-state index in [9.17, 15) is 14.4 Å². The minimum atomic E-state index is -0.332. The average Bonchev–Trinajstić information content (AvgIpc) is 3.45. The Morgan fingerprint density at radius 1 is 0.977 bits per heavy atom. The summed E-state index contributed by atoms with van der Waals surface area (Å²) < 4.78 is 1.51. The first-order valence-electron chi connectivity index (χ1n) is 15.0. The molecule has 0 saturated carbocycles. The number of fused-ring (bicyclic) bond motifs is 1. The lowest BCUT2D eigenvalue weighted by molar-refractivity contribution is -0.139. The second-order valence-electron chi connectivity index (χ2n) is 12.0. The summed E-state index contributed by atoms with van der Waals surface area (Å²) in [7, 11) is 5.49. The SMILES string of the molecule is Cc1cc(NC(=O)c2cc3c(s2)CCCC3)c(C)c(-c2cn(C)c(=O)c(Nc3ccc(C4C(=O)N(C)CCN4C)cc3)n2)c1. The lowest BCUT2D eigenvalue weighted by atomic mass is 9.99. The molecule has 1 fully saturated rings. The Hall–Kier alpha value is -4.28. The number of nitrogens with one attached hydrogen (secondary N) is 2. The zero-order chi connectivity index (χ0) is 31.1. The van der Waals surface area contributed by atoms with Gasteiger partial charge in [0.2, 0.25) is 5.91 Å². The van der Waals surface area contributed by atoms with Crippen molar-refractivity contribution in [2.24, 2.45) is 7.05 Å². The molecule has 2 aromatic heterocycles. The minimum absolute atomic E-state index is 0.0706. The van der Waals surface area contributed by atoms with E-state index in [1.54, 1.807) is 29.5 Å². The van der Waals surface area contributed by atoms with E-state index in [1.807, 2.05) is 70.4 Å². The van der Waals surface area contributed by atoms with Crippen molar-refractivity contribution in [3.05, 3.63) is 91.0 Å². The minimum Gasteiger partial charge on any atom is -0.343 e. The largest absolute Gasteiger partial charge is 0.343 e. The number of hydrogen-bond acceptors (Lipinski definition) is 7. The van der Waals surface area contributed by atoms with Crippen molar-refractivity contribution in [1.29, 1.82) is 0 Å². The Morgan fingerprint density at radius 2 is 1.73 bits per heavy atom. The van der Waals surface area contributed by atoms with Crippen molar-refractivity contribution < 1.29 is 9.59 Å². The molecule has 228 valence electrons. The molecule has 2 amide bonds. The highest BCUT2D eigenvalue weighted by atomic mass is 32.1. The molecule has 2 aliphatic rings. The Kier molecular flexibility index (Phi) is 8.13. The molecule has 0 spiro atoms. The molecule has 9 nitrogen and oxygen atoms in total. The summed E-state index contributed by atoms with van der Waals surface area (Å²) in [5, 5.41) is 6.33. The van der Waals surface area contributed by atoms with Crippen LogP contribution in [0.25, 0.3) is 11.3 Å². The first kappa shape index (κ1) is 29.8. The van der Waals surface area contributed by atoms with Crippen molar-refractivity contribution in [3.63, 3.8) is 0 Å². The standard InChI is InChI=1S/C34H38N6O3S/c1-20-16-25(21(2)26(17-20)37-32(41)29-18-23-8-6-7-9-28(23)44-29)27-19-40(5)34(43)31(36-27)35-24-12-10-22(11-13-24)30-33(42)39(4)15-14-38(30)3/h10-13,16-19,30H,6-9,14-15H2,1-5H3,(H,35,36)(H,37,41). The molecule has 1 unspecified atom stereocenters. The molecule has 1 saturated heterocycles. The van der Waals surface area contributed by atoms with E-state index in [0.29, 0.717) is 17.9 Å². The van der Waals surface area contributed by atoms with E-state index in [1.165, 1.54) is 27.8 Å². The number of hydrogen-bond donors (Lipinski definition) is 2. The van der Waals surface area contributed by atoms with Crippen LogP contribution in [0.5, 0.6) is 0 Å². The molecule has 0 radical (unpaired) electrons. The van der Waals surface area contributed by atoms with E-state index in [4.69, 9.17) is 4.98 Å².